The number of carbonyl (C=O) groups is 1. The van der Waals surface area contributed by atoms with E-state index in [-0.39, 0.29) is 19.5 Å². The Kier molecular flexibility index (Phi) is 13.3. The van der Waals surface area contributed by atoms with Gasteiger partial charge in [0.05, 0.1) is 11.9 Å². The van der Waals surface area contributed by atoms with Crippen molar-refractivity contribution in [1.82, 2.24) is 35.1 Å². The van der Waals surface area contributed by atoms with Crippen molar-refractivity contribution >= 4 is 22.9 Å². The van der Waals surface area contributed by atoms with E-state index in [0.717, 1.165) is 40.7 Å². The maximum Gasteiger partial charge on any atom is 0.246 e. The third-order valence-corrected chi connectivity index (χ3v) is 7.69. The number of benzene rings is 1. The van der Waals surface area contributed by atoms with Gasteiger partial charge in [-0.25, -0.2) is 19.9 Å². The van der Waals surface area contributed by atoms with Crippen molar-refractivity contribution in [1.29, 1.82) is 0 Å². The van der Waals surface area contributed by atoms with Gasteiger partial charge in [0.2, 0.25) is 11.9 Å². The van der Waals surface area contributed by atoms with Gasteiger partial charge in [0.15, 0.2) is 0 Å². The molecule has 5 rings (SSSR count). The Balaban J connectivity index is 0.000000432. The first kappa shape index (κ1) is 35.3. The molecule has 2 aromatic heterocycles. The monoisotopic (exact) mass is 620 g/mol. The SMILES string of the molecule is C#Cc1ccc(CCc2ncnc3cnc(N4CCN(C(=O)C=C)[C@H](C)C4)nc23)cc1C.C=C=CNC1C=C(C)C=CN1C.CC.[HH]. The van der Waals surface area contributed by atoms with Crippen molar-refractivity contribution in [3.8, 4) is 12.3 Å². The highest BCUT2D eigenvalue weighted by atomic mass is 16.2. The van der Waals surface area contributed by atoms with Crippen LogP contribution in [0.4, 0.5) is 5.95 Å². The number of aromatic nitrogens is 4. The Morgan fingerprint density at radius 3 is 2.65 bits per heavy atom. The van der Waals surface area contributed by atoms with Gasteiger partial charge in [-0.05, 0) is 74.6 Å². The smallest absolute Gasteiger partial charge is 0.246 e. The number of nitrogens with one attached hydrogen (secondary N) is 1. The number of nitrogens with zero attached hydrogens (tertiary/aromatic N) is 7. The van der Waals surface area contributed by atoms with Gasteiger partial charge < -0.3 is 20.0 Å². The number of anilines is 1. The molecule has 0 aliphatic carbocycles. The van der Waals surface area contributed by atoms with Crippen LogP contribution in [0.15, 0.2) is 85.8 Å². The van der Waals surface area contributed by atoms with Gasteiger partial charge in [0.1, 0.15) is 23.5 Å². The van der Waals surface area contributed by atoms with Crippen molar-refractivity contribution in [3.63, 3.8) is 0 Å². The molecule has 2 aliphatic heterocycles. The summed E-state index contributed by atoms with van der Waals surface area (Å²) in [5.74, 6) is 3.30. The molecule has 1 amide bonds. The molecular weight excluding hydrogens is 572 g/mol. The van der Waals surface area contributed by atoms with E-state index in [1.807, 2.05) is 51.9 Å². The minimum absolute atomic E-state index is 0. The van der Waals surface area contributed by atoms with Crippen LogP contribution in [-0.2, 0) is 17.6 Å². The summed E-state index contributed by atoms with van der Waals surface area (Å²) in [6.45, 7) is 19.2. The molecule has 0 saturated carbocycles. The zero-order valence-corrected chi connectivity index (χ0v) is 28.0. The molecule has 1 fully saturated rings. The lowest BCUT2D eigenvalue weighted by atomic mass is 10.0. The van der Waals surface area contributed by atoms with Crippen LogP contribution < -0.4 is 10.2 Å². The maximum atomic E-state index is 12.0. The molecule has 4 heterocycles. The van der Waals surface area contributed by atoms with E-state index in [4.69, 9.17) is 11.4 Å². The van der Waals surface area contributed by atoms with Crippen molar-refractivity contribution in [3.05, 3.63) is 108 Å². The van der Waals surface area contributed by atoms with Crippen LogP contribution >= 0.6 is 0 Å². The van der Waals surface area contributed by atoms with Gasteiger partial charge in [-0.15, -0.1) is 12.2 Å². The van der Waals surface area contributed by atoms with Crippen LogP contribution in [0.25, 0.3) is 11.0 Å². The normalized spacial score (nSPS) is 16.9. The minimum Gasteiger partial charge on any atom is -0.362 e. The summed E-state index contributed by atoms with van der Waals surface area (Å²) in [5.41, 5.74) is 9.57. The van der Waals surface area contributed by atoms with E-state index in [9.17, 15) is 4.79 Å². The van der Waals surface area contributed by atoms with E-state index < -0.39 is 0 Å². The third-order valence-electron chi connectivity index (χ3n) is 7.69. The Morgan fingerprint density at radius 1 is 1.20 bits per heavy atom. The molecule has 0 radical (unpaired) electrons. The first-order valence-electron chi connectivity index (χ1n) is 15.6. The highest BCUT2D eigenvalue weighted by Crippen LogP contribution is 2.21. The lowest BCUT2D eigenvalue weighted by Gasteiger charge is -2.39. The minimum atomic E-state index is -0.0437. The van der Waals surface area contributed by atoms with Crippen molar-refractivity contribution in [2.75, 3.05) is 31.6 Å². The molecule has 242 valence electrons. The van der Waals surface area contributed by atoms with Gasteiger partial charge in [-0.3, -0.25) is 4.79 Å². The lowest BCUT2D eigenvalue weighted by Crippen LogP contribution is -2.54. The Labute approximate surface area is 275 Å². The molecule has 1 unspecified atom stereocenters. The molecule has 0 spiro atoms. The number of hydrogen-bond donors (Lipinski definition) is 1. The number of piperazine rings is 1. The number of amides is 1. The zero-order valence-electron chi connectivity index (χ0n) is 28.0. The summed E-state index contributed by atoms with van der Waals surface area (Å²) in [4.78, 5) is 36.2. The summed E-state index contributed by atoms with van der Waals surface area (Å²) in [6, 6.07) is 6.23. The van der Waals surface area contributed by atoms with Gasteiger partial charge in [-0.2, -0.15) is 0 Å². The molecule has 1 N–H and O–H groups in total. The molecule has 1 saturated heterocycles. The second-order valence-corrected chi connectivity index (χ2v) is 10.9. The maximum absolute atomic E-state index is 12.0. The second-order valence-electron chi connectivity index (χ2n) is 10.9. The topological polar surface area (TPSA) is 90.4 Å². The largest absolute Gasteiger partial charge is 0.362 e. The van der Waals surface area contributed by atoms with E-state index in [1.54, 1.807) is 18.7 Å². The lowest BCUT2D eigenvalue weighted by molar-refractivity contribution is -0.128. The average Bonchev–Trinajstić information content (AvgIpc) is 3.08. The second kappa shape index (κ2) is 17.3. The van der Waals surface area contributed by atoms with E-state index in [2.05, 4.69) is 86.1 Å². The fourth-order valence-corrected chi connectivity index (χ4v) is 5.18. The highest BCUT2D eigenvalue weighted by molar-refractivity contribution is 5.87. The molecule has 3 aromatic rings. The number of allylic oxidation sites excluding steroid dienone is 2. The predicted molar refractivity (Wildman–Crippen MR) is 190 cm³/mol. The number of hydrogen-bond acceptors (Lipinski definition) is 8. The van der Waals surface area contributed by atoms with Crippen LogP contribution in [-0.4, -0.2) is 74.5 Å². The Hall–Kier alpha value is -5.19. The summed E-state index contributed by atoms with van der Waals surface area (Å²) < 4.78 is 0. The van der Waals surface area contributed by atoms with Crippen molar-refractivity contribution in [2.24, 2.45) is 0 Å². The summed E-state index contributed by atoms with van der Waals surface area (Å²) in [5, 5.41) is 3.15. The first-order chi connectivity index (χ1) is 22.2. The average molecular weight is 621 g/mol. The highest BCUT2D eigenvalue weighted by Gasteiger charge is 2.27. The number of aryl methyl sites for hydroxylation is 3. The summed E-state index contributed by atoms with van der Waals surface area (Å²) >= 11 is 0. The van der Waals surface area contributed by atoms with Gasteiger partial charge in [0.25, 0.3) is 0 Å². The summed E-state index contributed by atoms with van der Waals surface area (Å²) in [7, 11) is 2.02. The molecule has 46 heavy (non-hydrogen) atoms. The fourth-order valence-electron chi connectivity index (χ4n) is 5.18. The number of carbonyl (C=O) groups excluding carboxylic acids is 1. The predicted octanol–water partition coefficient (Wildman–Crippen LogP) is 5.60. The van der Waals surface area contributed by atoms with E-state index in [0.29, 0.717) is 25.6 Å². The van der Waals surface area contributed by atoms with Crippen molar-refractivity contribution < 1.29 is 6.22 Å². The molecule has 1 aromatic carbocycles. The molecule has 0 bridgehead atoms. The van der Waals surface area contributed by atoms with E-state index >= 15 is 0 Å². The number of likely N-dealkylation sites (N-methyl/N-ethyl adjacent to an activating group) is 1. The van der Waals surface area contributed by atoms with Gasteiger partial charge in [0, 0.05) is 52.1 Å². The first-order valence-corrected chi connectivity index (χ1v) is 15.6. The zero-order chi connectivity index (χ0) is 33.6. The Bertz CT molecular complexity index is 1670. The molecule has 9 nitrogen and oxygen atoms in total. The quantitative estimate of drug-likeness (QED) is 0.208. The summed E-state index contributed by atoms with van der Waals surface area (Å²) in [6.07, 6.45) is 20.0. The fraction of sp³-hybridized carbons (Fsp3) is 0.351. The molecule has 2 atom stereocenters. The number of terminal acetylenes is 1. The van der Waals surface area contributed by atoms with Crippen LogP contribution in [0.2, 0.25) is 0 Å². The van der Waals surface area contributed by atoms with Gasteiger partial charge in [-0.1, -0.05) is 45.1 Å². The van der Waals surface area contributed by atoms with Crippen LogP contribution in [0, 0.1) is 19.3 Å². The molecule has 9 heteroatoms. The molecule has 2 aliphatic rings. The van der Waals surface area contributed by atoms with Crippen LogP contribution in [0.3, 0.4) is 0 Å². The van der Waals surface area contributed by atoms with Crippen LogP contribution in [0.5, 0.6) is 0 Å². The standard InChI is InChI=1S/C25H26N6O.C10H14N2.C2H6.H2/c1-5-20-9-7-19(13-17(20)3)8-10-21-24-22(28-16-27-21)14-26-25(29-24)30-11-12-31(18(4)15-30)23(32)6-2;1-4-6-11-10-8-9(2)5-7-12(10)3;1-2;/h1,6-7,9,13-14,16,18H,2,8,10-12,15H2,3-4H3;5-8,10-11H,1H2,2-3H3;1-2H3;1H/t18-;;;/m1.../s1. The van der Waals surface area contributed by atoms with E-state index in [1.165, 1.54) is 17.2 Å². The molecular formula is C37H48N8O. The van der Waals surface area contributed by atoms with Crippen molar-refractivity contribution in [2.45, 2.75) is 59.7 Å². The Morgan fingerprint density at radius 2 is 1.98 bits per heavy atom. The van der Waals surface area contributed by atoms with Crippen LogP contribution in [0.1, 0.15) is 51.5 Å². The number of rotatable bonds is 7. The number of fused-ring (bicyclic) bond motifs is 1. The van der Waals surface area contributed by atoms with Gasteiger partial charge >= 0.3 is 0 Å². The third kappa shape index (κ3) is 9.16.